The Labute approximate surface area is 174 Å². The summed E-state index contributed by atoms with van der Waals surface area (Å²) in [5.41, 5.74) is 1.73. The van der Waals surface area contributed by atoms with Crippen LogP contribution >= 0.6 is 23.2 Å². The Hall–Kier alpha value is -2.51. The highest BCUT2D eigenvalue weighted by molar-refractivity contribution is 6.35. The van der Waals surface area contributed by atoms with E-state index < -0.39 is 0 Å². The maximum Gasteiger partial charge on any atom is 0.251 e. The predicted molar refractivity (Wildman–Crippen MR) is 116 cm³/mol. The van der Waals surface area contributed by atoms with Crippen LogP contribution in [0.2, 0.25) is 10.0 Å². The number of rotatable bonds is 8. The number of anilines is 1. The molecule has 0 aliphatic carbocycles. The molecular weight excluding hydrogens is 399 g/mol. The van der Waals surface area contributed by atoms with Crippen LogP contribution in [0.3, 0.4) is 0 Å². The number of pyridine rings is 1. The van der Waals surface area contributed by atoms with Gasteiger partial charge in [-0.15, -0.1) is 0 Å². The van der Waals surface area contributed by atoms with Gasteiger partial charge in [-0.1, -0.05) is 35.3 Å². The van der Waals surface area contributed by atoms with Crippen LogP contribution in [-0.2, 0) is 6.42 Å². The SMILES string of the molecule is CN=C(NCCNc1ncc(Cl)cc1Cl)NCCc1cccc(C(=O)NC)c1. The maximum atomic E-state index is 11.7. The third-order valence-electron chi connectivity index (χ3n) is 3.86. The number of carbonyl (C=O) groups is 1. The Morgan fingerprint density at radius 2 is 1.93 bits per heavy atom. The van der Waals surface area contributed by atoms with E-state index in [1.807, 2.05) is 18.2 Å². The zero-order valence-corrected chi connectivity index (χ0v) is 17.4. The molecule has 0 fully saturated rings. The summed E-state index contributed by atoms with van der Waals surface area (Å²) < 4.78 is 0. The van der Waals surface area contributed by atoms with Gasteiger partial charge in [-0.25, -0.2) is 4.98 Å². The zero-order valence-electron chi connectivity index (χ0n) is 15.9. The standard InChI is InChI=1S/C19H24Cl2N6O/c1-22-18(28)14-5-3-4-13(10-14)6-7-25-19(23-2)26-9-8-24-17-16(21)11-15(20)12-27-17/h3-5,10-12H,6-9H2,1-2H3,(H,22,28)(H,24,27)(H2,23,25,26). The van der Waals surface area contributed by atoms with Crippen molar-refractivity contribution >= 4 is 40.9 Å². The van der Waals surface area contributed by atoms with Gasteiger partial charge in [0, 0.05) is 45.5 Å². The van der Waals surface area contributed by atoms with Crippen LogP contribution in [0.4, 0.5) is 5.82 Å². The lowest BCUT2D eigenvalue weighted by molar-refractivity contribution is 0.0963. The number of carbonyl (C=O) groups excluding carboxylic acids is 1. The van der Waals surface area contributed by atoms with Crippen LogP contribution in [0.15, 0.2) is 41.5 Å². The maximum absolute atomic E-state index is 11.7. The highest BCUT2D eigenvalue weighted by atomic mass is 35.5. The summed E-state index contributed by atoms with van der Waals surface area (Å²) in [6, 6.07) is 9.21. The normalized spacial score (nSPS) is 11.1. The van der Waals surface area contributed by atoms with Crippen LogP contribution < -0.4 is 21.3 Å². The molecule has 0 unspecified atom stereocenters. The number of nitrogens with zero attached hydrogens (tertiary/aromatic N) is 2. The minimum absolute atomic E-state index is 0.0879. The first-order valence-corrected chi connectivity index (χ1v) is 9.59. The van der Waals surface area contributed by atoms with E-state index in [1.165, 1.54) is 0 Å². The molecule has 1 amide bonds. The predicted octanol–water partition coefficient (Wildman–Crippen LogP) is 2.57. The highest BCUT2D eigenvalue weighted by Crippen LogP contribution is 2.21. The van der Waals surface area contributed by atoms with Crippen molar-refractivity contribution in [3.05, 3.63) is 57.7 Å². The molecule has 2 rings (SSSR count). The fraction of sp³-hybridized carbons (Fsp3) is 0.316. The van der Waals surface area contributed by atoms with Crippen molar-refractivity contribution in [2.75, 3.05) is 39.0 Å². The number of aliphatic imine (C=N–C) groups is 1. The van der Waals surface area contributed by atoms with Gasteiger partial charge in [-0.2, -0.15) is 0 Å². The largest absolute Gasteiger partial charge is 0.367 e. The van der Waals surface area contributed by atoms with Gasteiger partial charge in [0.15, 0.2) is 5.96 Å². The lowest BCUT2D eigenvalue weighted by Crippen LogP contribution is -2.40. The van der Waals surface area contributed by atoms with E-state index in [9.17, 15) is 4.79 Å². The van der Waals surface area contributed by atoms with Crippen molar-refractivity contribution in [1.82, 2.24) is 20.9 Å². The Morgan fingerprint density at radius 1 is 1.14 bits per heavy atom. The second-order valence-corrected chi connectivity index (χ2v) is 6.71. The van der Waals surface area contributed by atoms with Gasteiger partial charge in [0.25, 0.3) is 5.91 Å². The highest BCUT2D eigenvalue weighted by Gasteiger charge is 2.05. The molecule has 0 saturated carbocycles. The van der Waals surface area contributed by atoms with E-state index in [-0.39, 0.29) is 5.91 Å². The number of aromatic nitrogens is 1. The number of hydrogen-bond donors (Lipinski definition) is 4. The lowest BCUT2D eigenvalue weighted by Gasteiger charge is -2.13. The van der Waals surface area contributed by atoms with Crippen LogP contribution in [0.25, 0.3) is 0 Å². The van der Waals surface area contributed by atoms with Crippen molar-refractivity contribution in [2.24, 2.45) is 4.99 Å². The van der Waals surface area contributed by atoms with Gasteiger partial charge >= 0.3 is 0 Å². The molecular formula is C19H24Cl2N6O. The van der Waals surface area contributed by atoms with E-state index in [0.717, 1.165) is 12.0 Å². The van der Waals surface area contributed by atoms with Crippen LogP contribution in [0.1, 0.15) is 15.9 Å². The first-order chi connectivity index (χ1) is 13.5. The molecule has 0 bridgehead atoms. The smallest absolute Gasteiger partial charge is 0.251 e. The fourth-order valence-electron chi connectivity index (χ4n) is 2.46. The molecule has 9 heteroatoms. The average molecular weight is 423 g/mol. The summed E-state index contributed by atoms with van der Waals surface area (Å²) in [6.07, 6.45) is 2.32. The Bertz CT molecular complexity index is 828. The second kappa shape index (κ2) is 11.4. The molecule has 0 saturated heterocycles. The molecule has 1 heterocycles. The Morgan fingerprint density at radius 3 is 2.64 bits per heavy atom. The molecule has 0 atom stereocenters. The number of hydrogen-bond acceptors (Lipinski definition) is 4. The summed E-state index contributed by atoms with van der Waals surface area (Å²) >= 11 is 11.9. The van der Waals surface area contributed by atoms with Crippen LogP contribution in [0.5, 0.6) is 0 Å². The molecule has 0 aliphatic heterocycles. The summed E-state index contributed by atoms with van der Waals surface area (Å²) in [5, 5.41) is 13.2. The van der Waals surface area contributed by atoms with Crippen LogP contribution in [0, 0.1) is 0 Å². The first kappa shape index (κ1) is 21.8. The third-order valence-corrected chi connectivity index (χ3v) is 4.36. The van der Waals surface area contributed by atoms with E-state index >= 15 is 0 Å². The number of halogens is 2. The third kappa shape index (κ3) is 6.90. The zero-order chi connectivity index (χ0) is 20.4. The summed E-state index contributed by atoms with van der Waals surface area (Å²) in [4.78, 5) is 20.0. The van der Waals surface area contributed by atoms with Gasteiger partial charge in [-0.3, -0.25) is 9.79 Å². The van der Waals surface area contributed by atoms with Gasteiger partial charge in [0.1, 0.15) is 5.82 Å². The second-order valence-electron chi connectivity index (χ2n) is 5.87. The van der Waals surface area contributed by atoms with Crippen molar-refractivity contribution in [1.29, 1.82) is 0 Å². The molecule has 0 radical (unpaired) electrons. The first-order valence-electron chi connectivity index (χ1n) is 8.84. The quantitative estimate of drug-likeness (QED) is 0.298. The fourth-order valence-corrected chi connectivity index (χ4v) is 2.91. The van der Waals surface area contributed by atoms with E-state index in [0.29, 0.717) is 47.0 Å². The number of benzene rings is 1. The topological polar surface area (TPSA) is 90.4 Å². The average Bonchev–Trinajstić information content (AvgIpc) is 2.70. The molecule has 150 valence electrons. The molecule has 2 aromatic rings. The van der Waals surface area contributed by atoms with Gasteiger partial charge in [0.05, 0.1) is 10.0 Å². The van der Waals surface area contributed by atoms with Crippen molar-refractivity contribution in [3.63, 3.8) is 0 Å². The van der Waals surface area contributed by atoms with Crippen molar-refractivity contribution < 1.29 is 4.79 Å². The molecule has 28 heavy (non-hydrogen) atoms. The van der Waals surface area contributed by atoms with E-state index in [1.54, 1.807) is 32.4 Å². The van der Waals surface area contributed by atoms with Gasteiger partial charge in [0.2, 0.25) is 0 Å². The van der Waals surface area contributed by atoms with E-state index in [4.69, 9.17) is 23.2 Å². The molecule has 0 spiro atoms. The molecule has 1 aromatic carbocycles. The van der Waals surface area contributed by atoms with Gasteiger partial charge in [-0.05, 0) is 30.2 Å². The Balaban J connectivity index is 1.72. The number of amides is 1. The monoisotopic (exact) mass is 422 g/mol. The minimum atomic E-state index is -0.0879. The molecule has 0 aliphatic rings. The van der Waals surface area contributed by atoms with Crippen LogP contribution in [-0.4, -0.2) is 50.6 Å². The minimum Gasteiger partial charge on any atom is -0.367 e. The Kier molecular flexibility index (Phi) is 8.84. The molecule has 7 nitrogen and oxygen atoms in total. The summed E-state index contributed by atoms with van der Waals surface area (Å²) in [7, 11) is 3.34. The van der Waals surface area contributed by atoms with Crippen molar-refractivity contribution in [3.8, 4) is 0 Å². The number of guanidine groups is 1. The van der Waals surface area contributed by atoms with Gasteiger partial charge < -0.3 is 21.3 Å². The number of nitrogens with one attached hydrogen (secondary N) is 4. The summed E-state index contributed by atoms with van der Waals surface area (Å²) in [6.45, 7) is 1.94. The summed E-state index contributed by atoms with van der Waals surface area (Å²) in [5.74, 6) is 1.20. The van der Waals surface area contributed by atoms with E-state index in [2.05, 4.69) is 31.2 Å². The van der Waals surface area contributed by atoms with Crippen molar-refractivity contribution in [2.45, 2.75) is 6.42 Å². The lowest BCUT2D eigenvalue weighted by atomic mass is 10.1. The molecule has 1 aromatic heterocycles. The molecule has 4 N–H and O–H groups in total.